The summed E-state index contributed by atoms with van der Waals surface area (Å²) in [6, 6.07) is 11.2. The number of carbonyl (C=O) groups is 1. The summed E-state index contributed by atoms with van der Waals surface area (Å²) in [5, 5.41) is 9.32. The lowest BCUT2D eigenvalue weighted by atomic mass is 10.1. The van der Waals surface area contributed by atoms with Crippen LogP contribution in [0.15, 0.2) is 51.7 Å². The van der Waals surface area contributed by atoms with Gasteiger partial charge in [0.25, 0.3) is 0 Å². The molecule has 2 aromatic carbocycles. The van der Waals surface area contributed by atoms with Crippen LogP contribution in [0.1, 0.15) is 22.8 Å². The number of hydrogen-bond donors (Lipinski definition) is 1. The standard InChI is InChI=1S/C21H20O6/c1-3-25-8-9-26-18-6-4-13(2)10-16(18)20-12-17(22)15-11-14(21(23)24)5-7-19(15)27-20/h4-7,10-12H,3,8-9H2,1-2H3,(H,23,24). The summed E-state index contributed by atoms with van der Waals surface area (Å²) in [7, 11) is 0. The number of carboxylic acid groups (broad SMARTS) is 1. The monoisotopic (exact) mass is 368 g/mol. The molecule has 0 saturated heterocycles. The van der Waals surface area contributed by atoms with E-state index in [-0.39, 0.29) is 16.4 Å². The zero-order chi connectivity index (χ0) is 19.4. The van der Waals surface area contributed by atoms with Gasteiger partial charge in [-0.05, 0) is 44.2 Å². The van der Waals surface area contributed by atoms with E-state index in [1.807, 2.05) is 32.0 Å². The Morgan fingerprint density at radius 1 is 1.11 bits per heavy atom. The SMILES string of the molecule is CCOCCOc1ccc(C)cc1-c1cc(=O)c2cc(C(=O)O)ccc2o1. The Labute approximate surface area is 156 Å². The van der Waals surface area contributed by atoms with E-state index in [0.29, 0.717) is 42.5 Å². The minimum atomic E-state index is -1.09. The molecule has 6 nitrogen and oxygen atoms in total. The van der Waals surface area contributed by atoms with Crippen LogP contribution in [0.25, 0.3) is 22.3 Å². The van der Waals surface area contributed by atoms with Crippen LogP contribution in [-0.4, -0.2) is 30.9 Å². The van der Waals surface area contributed by atoms with Gasteiger partial charge in [0.1, 0.15) is 23.7 Å². The van der Waals surface area contributed by atoms with Crippen molar-refractivity contribution in [3.63, 3.8) is 0 Å². The number of ether oxygens (including phenoxy) is 2. The van der Waals surface area contributed by atoms with Crippen molar-refractivity contribution in [1.29, 1.82) is 0 Å². The zero-order valence-corrected chi connectivity index (χ0v) is 15.2. The highest BCUT2D eigenvalue weighted by Gasteiger charge is 2.14. The van der Waals surface area contributed by atoms with E-state index in [0.717, 1.165) is 5.56 Å². The van der Waals surface area contributed by atoms with E-state index >= 15 is 0 Å². The Morgan fingerprint density at radius 3 is 2.67 bits per heavy atom. The lowest BCUT2D eigenvalue weighted by Gasteiger charge is -2.12. The van der Waals surface area contributed by atoms with Crippen LogP contribution in [0.3, 0.4) is 0 Å². The molecule has 0 radical (unpaired) electrons. The van der Waals surface area contributed by atoms with Crippen LogP contribution in [0.5, 0.6) is 5.75 Å². The maximum Gasteiger partial charge on any atom is 0.335 e. The smallest absolute Gasteiger partial charge is 0.335 e. The van der Waals surface area contributed by atoms with Gasteiger partial charge in [-0.3, -0.25) is 4.79 Å². The highest BCUT2D eigenvalue weighted by Crippen LogP contribution is 2.32. The molecular formula is C21H20O6. The summed E-state index contributed by atoms with van der Waals surface area (Å²) < 4.78 is 17.0. The summed E-state index contributed by atoms with van der Waals surface area (Å²) in [5.74, 6) is -0.139. The quantitative estimate of drug-likeness (QED) is 0.637. The van der Waals surface area contributed by atoms with E-state index in [1.165, 1.54) is 24.3 Å². The average Bonchev–Trinajstić information content (AvgIpc) is 2.65. The third kappa shape index (κ3) is 4.17. The fourth-order valence-corrected chi connectivity index (χ4v) is 2.74. The van der Waals surface area contributed by atoms with E-state index in [4.69, 9.17) is 19.0 Å². The van der Waals surface area contributed by atoms with Crippen molar-refractivity contribution in [1.82, 2.24) is 0 Å². The first-order chi connectivity index (χ1) is 13.0. The second-order valence-electron chi connectivity index (χ2n) is 6.04. The molecule has 0 unspecified atom stereocenters. The Kier molecular flexibility index (Phi) is 5.57. The van der Waals surface area contributed by atoms with Gasteiger partial charge >= 0.3 is 5.97 Å². The van der Waals surface area contributed by atoms with Gasteiger partial charge < -0.3 is 19.0 Å². The molecule has 0 aliphatic heterocycles. The first-order valence-corrected chi connectivity index (χ1v) is 8.62. The van der Waals surface area contributed by atoms with Gasteiger partial charge in [-0.2, -0.15) is 0 Å². The van der Waals surface area contributed by atoms with Crippen LogP contribution in [0.4, 0.5) is 0 Å². The summed E-state index contributed by atoms with van der Waals surface area (Å²) in [6.45, 7) is 5.30. The second-order valence-corrected chi connectivity index (χ2v) is 6.04. The lowest BCUT2D eigenvalue weighted by molar-refractivity contribution is 0.0697. The van der Waals surface area contributed by atoms with E-state index in [2.05, 4.69) is 0 Å². The molecule has 1 heterocycles. The predicted molar refractivity (Wildman–Crippen MR) is 102 cm³/mol. The molecule has 140 valence electrons. The third-order valence-electron chi connectivity index (χ3n) is 4.06. The Hall–Kier alpha value is -3.12. The van der Waals surface area contributed by atoms with Crippen molar-refractivity contribution in [2.75, 3.05) is 19.8 Å². The third-order valence-corrected chi connectivity index (χ3v) is 4.06. The normalized spacial score (nSPS) is 10.9. The Balaban J connectivity index is 2.04. The summed E-state index contributed by atoms with van der Waals surface area (Å²) in [5.41, 5.74) is 1.71. The zero-order valence-electron chi connectivity index (χ0n) is 15.2. The van der Waals surface area contributed by atoms with Crippen molar-refractivity contribution < 1.29 is 23.8 Å². The molecule has 0 bridgehead atoms. The number of fused-ring (bicyclic) bond motifs is 1. The number of aryl methyl sites for hydroxylation is 1. The van der Waals surface area contributed by atoms with Gasteiger partial charge in [0, 0.05) is 12.7 Å². The number of rotatable bonds is 7. The lowest BCUT2D eigenvalue weighted by Crippen LogP contribution is -2.07. The van der Waals surface area contributed by atoms with Crippen molar-refractivity contribution in [2.45, 2.75) is 13.8 Å². The van der Waals surface area contributed by atoms with Gasteiger partial charge in [0.15, 0.2) is 5.43 Å². The van der Waals surface area contributed by atoms with Crippen molar-refractivity contribution >= 4 is 16.9 Å². The molecule has 1 aromatic heterocycles. The maximum absolute atomic E-state index is 12.5. The van der Waals surface area contributed by atoms with E-state index < -0.39 is 5.97 Å². The van der Waals surface area contributed by atoms with Crippen LogP contribution >= 0.6 is 0 Å². The Morgan fingerprint density at radius 2 is 1.93 bits per heavy atom. The summed E-state index contributed by atoms with van der Waals surface area (Å²) in [6.07, 6.45) is 0. The highest BCUT2D eigenvalue weighted by atomic mass is 16.5. The van der Waals surface area contributed by atoms with Gasteiger partial charge in [-0.15, -0.1) is 0 Å². The fourth-order valence-electron chi connectivity index (χ4n) is 2.74. The number of hydrogen-bond acceptors (Lipinski definition) is 5. The molecule has 0 aliphatic carbocycles. The minimum absolute atomic E-state index is 0.0399. The molecule has 0 amide bonds. The summed E-state index contributed by atoms with van der Waals surface area (Å²) in [4.78, 5) is 23.6. The van der Waals surface area contributed by atoms with Crippen LogP contribution in [-0.2, 0) is 4.74 Å². The molecule has 0 spiro atoms. The highest BCUT2D eigenvalue weighted by molar-refractivity contribution is 5.93. The van der Waals surface area contributed by atoms with Crippen LogP contribution in [0, 0.1) is 6.92 Å². The molecule has 3 rings (SSSR count). The number of aromatic carboxylic acids is 1. The fraction of sp³-hybridized carbons (Fsp3) is 0.238. The van der Waals surface area contributed by atoms with Crippen LogP contribution in [0.2, 0.25) is 0 Å². The van der Waals surface area contributed by atoms with Crippen molar-refractivity contribution in [3.8, 4) is 17.1 Å². The maximum atomic E-state index is 12.5. The minimum Gasteiger partial charge on any atom is -0.490 e. The summed E-state index contributed by atoms with van der Waals surface area (Å²) >= 11 is 0. The molecule has 0 aliphatic rings. The van der Waals surface area contributed by atoms with Gasteiger partial charge in [0.05, 0.1) is 23.1 Å². The van der Waals surface area contributed by atoms with Crippen molar-refractivity contribution in [3.05, 3.63) is 63.8 Å². The average molecular weight is 368 g/mol. The molecule has 0 fully saturated rings. The molecule has 6 heteroatoms. The second kappa shape index (κ2) is 8.05. The predicted octanol–water partition coefficient (Wildman–Crippen LogP) is 3.88. The Bertz CT molecular complexity index is 1030. The number of benzene rings is 2. The van der Waals surface area contributed by atoms with Crippen molar-refractivity contribution in [2.24, 2.45) is 0 Å². The molecule has 0 atom stereocenters. The first kappa shape index (κ1) is 18.7. The van der Waals surface area contributed by atoms with Gasteiger partial charge in [-0.1, -0.05) is 11.6 Å². The molecule has 1 N–H and O–H groups in total. The first-order valence-electron chi connectivity index (χ1n) is 8.62. The topological polar surface area (TPSA) is 86.0 Å². The molecular weight excluding hydrogens is 348 g/mol. The van der Waals surface area contributed by atoms with Crippen LogP contribution < -0.4 is 10.2 Å². The molecule has 0 saturated carbocycles. The molecule has 3 aromatic rings. The van der Waals surface area contributed by atoms with E-state index in [1.54, 1.807) is 0 Å². The van der Waals surface area contributed by atoms with Gasteiger partial charge in [-0.25, -0.2) is 4.79 Å². The molecule has 27 heavy (non-hydrogen) atoms. The number of carboxylic acids is 1. The van der Waals surface area contributed by atoms with Gasteiger partial charge in [0.2, 0.25) is 0 Å². The largest absolute Gasteiger partial charge is 0.490 e. The van der Waals surface area contributed by atoms with E-state index in [9.17, 15) is 9.59 Å².